The first-order valence-electron chi connectivity index (χ1n) is 5.53. The van der Waals surface area contributed by atoms with E-state index in [4.69, 9.17) is 4.74 Å². The van der Waals surface area contributed by atoms with Gasteiger partial charge < -0.3 is 4.74 Å². The van der Waals surface area contributed by atoms with Crippen LogP contribution >= 0.6 is 0 Å². The quantitative estimate of drug-likeness (QED) is 0.827. The van der Waals surface area contributed by atoms with Crippen LogP contribution < -0.4 is 0 Å². The van der Waals surface area contributed by atoms with E-state index in [1.54, 1.807) is 31.2 Å². The largest absolute Gasteiger partial charge is 0.479 e. The van der Waals surface area contributed by atoms with E-state index in [2.05, 4.69) is 4.99 Å². The Labute approximate surface area is 101 Å². The molecule has 2 rings (SSSR count). The molecule has 17 heavy (non-hydrogen) atoms. The molecular weight excluding hydrogens is 238 g/mol. The van der Waals surface area contributed by atoms with Crippen molar-refractivity contribution < 1.29 is 13.2 Å². The first kappa shape index (κ1) is 12.1. The van der Waals surface area contributed by atoms with Crippen molar-refractivity contribution in [2.75, 3.05) is 12.4 Å². The highest BCUT2D eigenvalue weighted by atomic mass is 32.2. The van der Waals surface area contributed by atoms with Gasteiger partial charge in [0, 0.05) is 6.92 Å². The predicted molar refractivity (Wildman–Crippen MR) is 66.0 cm³/mol. The SMILES string of the molecule is CCS(=O)(=O)c1ccc(C2COC(C)=N2)cc1. The number of aliphatic imine (C=N–C) groups is 1. The molecular formula is C12H15NO3S. The molecule has 0 N–H and O–H groups in total. The normalized spacial score (nSPS) is 19.9. The second-order valence-electron chi connectivity index (χ2n) is 3.95. The Kier molecular flexibility index (Phi) is 3.19. The number of ether oxygens (including phenoxy) is 1. The maximum atomic E-state index is 11.6. The van der Waals surface area contributed by atoms with Crippen molar-refractivity contribution in [2.24, 2.45) is 4.99 Å². The summed E-state index contributed by atoms with van der Waals surface area (Å²) in [6.07, 6.45) is 0. The lowest BCUT2D eigenvalue weighted by Crippen LogP contribution is -2.04. The third kappa shape index (κ3) is 2.49. The Morgan fingerprint density at radius 1 is 1.35 bits per heavy atom. The molecule has 1 unspecified atom stereocenters. The number of hydrogen-bond donors (Lipinski definition) is 0. The van der Waals surface area contributed by atoms with Crippen LogP contribution in [0.2, 0.25) is 0 Å². The van der Waals surface area contributed by atoms with Gasteiger partial charge in [0.15, 0.2) is 15.7 Å². The minimum absolute atomic E-state index is 0.00613. The Hall–Kier alpha value is -1.36. The van der Waals surface area contributed by atoms with E-state index < -0.39 is 9.84 Å². The van der Waals surface area contributed by atoms with Crippen molar-refractivity contribution in [2.45, 2.75) is 24.8 Å². The zero-order valence-electron chi connectivity index (χ0n) is 9.88. The van der Waals surface area contributed by atoms with Crippen molar-refractivity contribution in [1.82, 2.24) is 0 Å². The van der Waals surface area contributed by atoms with E-state index in [1.165, 1.54) is 0 Å². The number of sulfone groups is 1. The fraction of sp³-hybridized carbons (Fsp3) is 0.417. The van der Waals surface area contributed by atoms with Crippen LogP contribution in [0.15, 0.2) is 34.2 Å². The van der Waals surface area contributed by atoms with Gasteiger partial charge in [-0.05, 0) is 17.7 Å². The monoisotopic (exact) mass is 253 g/mol. The van der Waals surface area contributed by atoms with Gasteiger partial charge in [0.1, 0.15) is 12.6 Å². The number of rotatable bonds is 3. The highest BCUT2D eigenvalue weighted by Gasteiger charge is 2.19. The minimum Gasteiger partial charge on any atom is -0.479 e. The molecule has 0 saturated carbocycles. The fourth-order valence-corrected chi connectivity index (χ4v) is 2.61. The van der Waals surface area contributed by atoms with Gasteiger partial charge in [0.2, 0.25) is 0 Å². The second kappa shape index (κ2) is 4.49. The lowest BCUT2D eigenvalue weighted by molar-refractivity contribution is 0.317. The van der Waals surface area contributed by atoms with E-state index in [9.17, 15) is 8.42 Å². The molecule has 1 atom stereocenters. The van der Waals surface area contributed by atoms with Gasteiger partial charge in [-0.25, -0.2) is 13.4 Å². The molecule has 1 aromatic carbocycles. The molecule has 92 valence electrons. The van der Waals surface area contributed by atoms with E-state index in [-0.39, 0.29) is 11.8 Å². The predicted octanol–water partition coefficient (Wildman–Crippen LogP) is 1.97. The van der Waals surface area contributed by atoms with Gasteiger partial charge in [-0.1, -0.05) is 19.1 Å². The molecule has 5 heteroatoms. The van der Waals surface area contributed by atoms with Gasteiger partial charge in [-0.15, -0.1) is 0 Å². The van der Waals surface area contributed by atoms with Crippen LogP contribution in [0.5, 0.6) is 0 Å². The maximum Gasteiger partial charge on any atom is 0.180 e. The molecule has 4 nitrogen and oxygen atoms in total. The van der Waals surface area contributed by atoms with Crippen molar-refractivity contribution >= 4 is 15.7 Å². The van der Waals surface area contributed by atoms with E-state index in [0.29, 0.717) is 17.4 Å². The third-order valence-corrected chi connectivity index (χ3v) is 4.54. The van der Waals surface area contributed by atoms with Crippen LogP contribution in [-0.2, 0) is 14.6 Å². The van der Waals surface area contributed by atoms with Gasteiger partial charge in [0.25, 0.3) is 0 Å². The van der Waals surface area contributed by atoms with Crippen molar-refractivity contribution in [3.8, 4) is 0 Å². The summed E-state index contributed by atoms with van der Waals surface area (Å²) in [5.41, 5.74) is 0.983. The molecule has 0 bridgehead atoms. The highest BCUT2D eigenvalue weighted by Crippen LogP contribution is 2.24. The molecule has 1 aliphatic heterocycles. The summed E-state index contributed by atoms with van der Waals surface area (Å²) in [6.45, 7) is 3.99. The average molecular weight is 253 g/mol. The molecule has 1 heterocycles. The topological polar surface area (TPSA) is 55.7 Å². The van der Waals surface area contributed by atoms with Gasteiger partial charge in [-0.2, -0.15) is 0 Å². The highest BCUT2D eigenvalue weighted by molar-refractivity contribution is 7.91. The molecule has 0 spiro atoms. The van der Waals surface area contributed by atoms with Gasteiger partial charge in [0.05, 0.1) is 10.6 Å². The summed E-state index contributed by atoms with van der Waals surface area (Å²) in [6, 6.07) is 6.87. The van der Waals surface area contributed by atoms with Gasteiger partial charge in [-0.3, -0.25) is 0 Å². The van der Waals surface area contributed by atoms with Crippen LogP contribution in [0.3, 0.4) is 0 Å². The minimum atomic E-state index is -3.12. The number of hydrogen-bond acceptors (Lipinski definition) is 4. The lowest BCUT2D eigenvalue weighted by Gasteiger charge is -2.07. The Balaban J connectivity index is 2.25. The molecule has 0 aromatic heterocycles. The third-order valence-electron chi connectivity index (χ3n) is 2.79. The van der Waals surface area contributed by atoms with E-state index in [0.717, 1.165) is 5.56 Å². The van der Waals surface area contributed by atoms with Crippen molar-refractivity contribution in [3.05, 3.63) is 29.8 Å². The summed E-state index contributed by atoms with van der Waals surface area (Å²) >= 11 is 0. The molecule has 1 aromatic rings. The average Bonchev–Trinajstić information content (AvgIpc) is 2.76. The molecule has 0 aliphatic carbocycles. The Bertz CT molecular complexity index is 531. The molecule has 0 radical (unpaired) electrons. The summed E-state index contributed by atoms with van der Waals surface area (Å²) in [7, 11) is -3.12. The van der Waals surface area contributed by atoms with Crippen LogP contribution in [0.4, 0.5) is 0 Å². The van der Waals surface area contributed by atoms with Crippen LogP contribution in [0, 0.1) is 0 Å². The summed E-state index contributed by atoms with van der Waals surface area (Å²) in [5.74, 6) is 0.802. The van der Waals surface area contributed by atoms with Gasteiger partial charge >= 0.3 is 0 Å². The lowest BCUT2D eigenvalue weighted by atomic mass is 10.1. The summed E-state index contributed by atoms with van der Waals surface area (Å²) < 4.78 is 28.5. The van der Waals surface area contributed by atoms with Crippen LogP contribution in [-0.4, -0.2) is 26.7 Å². The Morgan fingerprint density at radius 3 is 2.47 bits per heavy atom. The second-order valence-corrected chi connectivity index (χ2v) is 6.23. The molecule has 0 fully saturated rings. The fourth-order valence-electron chi connectivity index (χ4n) is 1.73. The number of benzene rings is 1. The van der Waals surface area contributed by atoms with Crippen molar-refractivity contribution in [1.29, 1.82) is 0 Å². The molecule has 1 aliphatic rings. The number of nitrogens with zero attached hydrogens (tertiary/aromatic N) is 1. The van der Waals surface area contributed by atoms with Crippen molar-refractivity contribution in [3.63, 3.8) is 0 Å². The van der Waals surface area contributed by atoms with Crippen LogP contribution in [0.1, 0.15) is 25.5 Å². The smallest absolute Gasteiger partial charge is 0.180 e. The van der Waals surface area contributed by atoms with E-state index >= 15 is 0 Å². The van der Waals surface area contributed by atoms with Crippen LogP contribution in [0.25, 0.3) is 0 Å². The summed E-state index contributed by atoms with van der Waals surface area (Å²) in [4.78, 5) is 4.68. The first-order chi connectivity index (χ1) is 8.03. The zero-order chi connectivity index (χ0) is 12.5. The summed E-state index contributed by atoms with van der Waals surface area (Å²) in [5, 5.41) is 0. The molecule has 0 saturated heterocycles. The first-order valence-corrected chi connectivity index (χ1v) is 7.18. The Morgan fingerprint density at radius 2 is 2.00 bits per heavy atom. The zero-order valence-corrected chi connectivity index (χ0v) is 10.7. The maximum absolute atomic E-state index is 11.6. The standard InChI is InChI=1S/C12H15NO3S/c1-3-17(14,15)11-6-4-10(5-7-11)12-8-16-9(2)13-12/h4-7,12H,3,8H2,1-2H3. The van der Waals surface area contributed by atoms with E-state index in [1.807, 2.05) is 6.92 Å². The molecule has 0 amide bonds.